The third kappa shape index (κ3) is 1.62. The summed E-state index contributed by atoms with van der Waals surface area (Å²) in [5.41, 5.74) is -0.268. The molecular weight excluding hydrogens is 253 g/mol. The SMILES string of the molecule is FC(F)(F)c1ccc([C@H]2NC[C@H]3[C@@H]2C3(F)F)cc1. The van der Waals surface area contributed by atoms with Gasteiger partial charge in [0.15, 0.2) is 0 Å². The van der Waals surface area contributed by atoms with Crippen LogP contribution < -0.4 is 5.32 Å². The summed E-state index contributed by atoms with van der Waals surface area (Å²) < 4.78 is 63.6. The number of benzene rings is 1. The van der Waals surface area contributed by atoms with Crippen LogP contribution in [0.25, 0.3) is 0 Å². The van der Waals surface area contributed by atoms with Crippen molar-refractivity contribution >= 4 is 0 Å². The molecule has 3 rings (SSSR count). The van der Waals surface area contributed by atoms with E-state index in [2.05, 4.69) is 5.32 Å². The maximum atomic E-state index is 13.2. The van der Waals surface area contributed by atoms with Crippen molar-refractivity contribution in [3.05, 3.63) is 35.4 Å². The maximum absolute atomic E-state index is 13.2. The summed E-state index contributed by atoms with van der Waals surface area (Å²) in [5, 5.41) is 2.92. The summed E-state index contributed by atoms with van der Waals surface area (Å²) >= 11 is 0. The van der Waals surface area contributed by atoms with Crippen LogP contribution in [0.1, 0.15) is 17.2 Å². The van der Waals surface area contributed by atoms with Crippen LogP contribution >= 0.6 is 0 Å². The van der Waals surface area contributed by atoms with Gasteiger partial charge >= 0.3 is 6.18 Å². The zero-order valence-electron chi connectivity index (χ0n) is 9.14. The Morgan fingerprint density at radius 1 is 1.11 bits per heavy atom. The van der Waals surface area contributed by atoms with Crippen molar-refractivity contribution in [3.8, 4) is 0 Å². The lowest BCUT2D eigenvalue weighted by Crippen LogP contribution is -2.24. The average molecular weight is 263 g/mol. The minimum Gasteiger partial charge on any atom is -0.309 e. The fourth-order valence-electron chi connectivity index (χ4n) is 2.72. The lowest BCUT2D eigenvalue weighted by molar-refractivity contribution is -0.137. The van der Waals surface area contributed by atoms with Crippen LogP contribution in [-0.4, -0.2) is 12.5 Å². The van der Waals surface area contributed by atoms with E-state index in [1.807, 2.05) is 0 Å². The molecule has 1 aromatic rings. The van der Waals surface area contributed by atoms with Gasteiger partial charge in [-0.2, -0.15) is 13.2 Å². The van der Waals surface area contributed by atoms with Crippen molar-refractivity contribution in [3.63, 3.8) is 0 Å². The van der Waals surface area contributed by atoms with Crippen LogP contribution in [0.3, 0.4) is 0 Å². The van der Waals surface area contributed by atoms with Crippen molar-refractivity contribution in [2.45, 2.75) is 18.1 Å². The molecule has 1 N–H and O–H groups in total. The summed E-state index contributed by atoms with van der Waals surface area (Å²) in [7, 11) is 0. The van der Waals surface area contributed by atoms with Crippen molar-refractivity contribution in [2.75, 3.05) is 6.54 Å². The Balaban J connectivity index is 1.82. The largest absolute Gasteiger partial charge is 0.416 e. The van der Waals surface area contributed by atoms with E-state index in [-0.39, 0.29) is 6.54 Å². The second-order valence-electron chi connectivity index (χ2n) is 4.81. The number of nitrogens with one attached hydrogen (secondary N) is 1. The first kappa shape index (κ1) is 11.9. The van der Waals surface area contributed by atoms with Gasteiger partial charge in [-0.05, 0) is 17.7 Å². The molecule has 2 aliphatic rings. The van der Waals surface area contributed by atoms with E-state index in [1.54, 1.807) is 0 Å². The monoisotopic (exact) mass is 263 g/mol. The second-order valence-corrected chi connectivity index (χ2v) is 4.81. The van der Waals surface area contributed by atoms with Crippen LogP contribution in [-0.2, 0) is 6.18 Å². The molecule has 0 radical (unpaired) electrons. The normalized spacial score (nSPS) is 33.3. The molecular formula is C12H10F5N. The van der Waals surface area contributed by atoms with Crippen LogP contribution in [0, 0.1) is 11.8 Å². The van der Waals surface area contributed by atoms with Crippen molar-refractivity contribution in [2.24, 2.45) is 11.8 Å². The fraction of sp³-hybridized carbons (Fsp3) is 0.500. The van der Waals surface area contributed by atoms with Gasteiger partial charge in [-0.1, -0.05) is 12.1 Å². The van der Waals surface area contributed by atoms with Crippen molar-refractivity contribution in [1.29, 1.82) is 0 Å². The zero-order chi connectivity index (χ0) is 13.1. The van der Waals surface area contributed by atoms with Gasteiger partial charge in [-0.15, -0.1) is 0 Å². The van der Waals surface area contributed by atoms with Gasteiger partial charge < -0.3 is 5.32 Å². The predicted octanol–water partition coefficient (Wildman–Crippen LogP) is 3.23. The molecule has 1 heterocycles. The Morgan fingerprint density at radius 3 is 2.17 bits per heavy atom. The lowest BCUT2D eigenvalue weighted by atomic mass is 10.0. The molecule has 0 aromatic heterocycles. The second kappa shape index (κ2) is 3.44. The molecule has 1 saturated carbocycles. The summed E-state index contributed by atoms with van der Waals surface area (Å²) in [4.78, 5) is 0. The zero-order valence-corrected chi connectivity index (χ0v) is 9.14. The van der Waals surface area contributed by atoms with E-state index in [0.29, 0.717) is 5.56 Å². The van der Waals surface area contributed by atoms with E-state index in [4.69, 9.17) is 0 Å². The Bertz CT molecular complexity index is 464. The van der Waals surface area contributed by atoms with E-state index < -0.39 is 35.5 Å². The fourth-order valence-corrected chi connectivity index (χ4v) is 2.72. The van der Waals surface area contributed by atoms with E-state index in [9.17, 15) is 22.0 Å². The number of hydrogen-bond donors (Lipinski definition) is 1. The number of piperidine rings is 1. The molecule has 0 bridgehead atoms. The highest BCUT2D eigenvalue weighted by atomic mass is 19.4. The Labute approximate surface area is 100.0 Å². The molecule has 2 fully saturated rings. The first-order chi connectivity index (χ1) is 8.32. The quantitative estimate of drug-likeness (QED) is 0.767. The Kier molecular flexibility index (Phi) is 2.27. The number of rotatable bonds is 1. The molecule has 1 aliphatic heterocycles. The summed E-state index contributed by atoms with van der Waals surface area (Å²) in [6, 6.07) is 3.89. The number of hydrogen-bond acceptors (Lipinski definition) is 1. The van der Waals surface area contributed by atoms with Crippen LogP contribution in [0.15, 0.2) is 24.3 Å². The smallest absolute Gasteiger partial charge is 0.309 e. The Hall–Kier alpha value is -1.17. The van der Waals surface area contributed by atoms with Gasteiger partial charge in [-0.25, -0.2) is 8.78 Å². The van der Waals surface area contributed by atoms with Gasteiger partial charge in [-0.3, -0.25) is 0 Å². The summed E-state index contributed by atoms with van der Waals surface area (Å²) in [5.74, 6) is -4.10. The number of halogens is 5. The van der Waals surface area contributed by atoms with Gasteiger partial charge in [0.25, 0.3) is 5.92 Å². The third-order valence-electron chi connectivity index (χ3n) is 3.78. The minimum absolute atomic E-state index is 0.226. The molecule has 1 saturated heterocycles. The molecule has 0 spiro atoms. The van der Waals surface area contributed by atoms with E-state index >= 15 is 0 Å². The molecule has 0 amide bonds. The maximum Gasteiger partial charge on any atom is 0.416 e. The Morgan fingerprint density at radius 2 is 1.72 bits per heavy atom. The van der Waals surface area contributed by atoms with Gasteiger partial charge in [0.05, 0.1) is 11.5 Å². The minimum atomic E-state index is -4.40. The first-order valence-corrected chi connectivity index (χ1v) is 5.60. The van der Waals surface area contributed by atoms with Gasteiger partial charge in [0.1, 0.15) is 0 Å². The molecule has 0 unspecified atom stereocenters. The van der Waals surface area contributed by atoms with Gasteiger partial charge in [0.2, 0.25) is 0 Å². The van der Waals surface area contributed by atoms with E-state index in [0.717, 1.165) is 12.1 Å². The van der Waals surface area contributed by atoms with Gasteiger partial charge in [0, 0.05) is 18.5 Å². The highest BCUT2D eigenvalue weighted by Gasteiger charge is 2.73. The molecule has 1 nitrogen and oxygen atoms in total. The number of alkyl halides is 5. The first-order valence-electron chi connectivity index (χ1n) is 5.60. The summed E-state index contributed by atoms with van der Waals surface area (Å²) in [6.45, 7) is 0.226. The molecule has 1 aromatic carbocycles. The van der Waals surface area contributed by atoms with Crippen LogP contribution in [0.4, 0.5) is 22.0 Å². The average Bonchev–Trinajstić information content (AvgIpc) is 2.68. The molecule has 98 valence electrons. The highest BCUT2D eigenvalue weighted by Crippen LogP contribution is 2.63. The lowest BCUT2D eigenvalue weighted by Gasteiger charge is -2.16. The van der Waals surface area contributed by atoms with Crippen molar-refractivity contribution in [1.82, 2.24) is 5.32 Å². The van der Waals surface area contributed by atoms with Crippen LogP contribution in [0.5, 0.6) is 0 Å². The van der Waals surface area contributed by atoms with E-state index in [1.165, 1.54) is 12.1 Å². The molecule has 6 heteroatoms. The standard InChI is InChI=1S/C12H10F5N/c13-11(14)8-5-18-10(9(8)11)6-1-3-7(4-2-6)12(15,16)17/h1-4,8-10,18H,5H2/t8-,9-,10+/m0/s1. The molecule has 1 aliphatic carbocycles. The van der Waals surface area contributed by atoms with Crippen molar-refractivity contribution < 1.29 is 22.0 Å². The van der Waals surface area contributed by atoms with Crippen LogP contribution in [0.2, 0.25) is 0 Å². The molecule has 3 atom stereocenters. The molecule has 18 heavy (non-hydrogen) atoms. The number of fused-ring (bicyclic) bond motifs is 1. The highest BCUT2D eigenvalue weighted by molar-refractivity contribution is 5.32. The third-order valence-corrected chi connectivity index (χ3v) is 3.78. The predicted molar refractivity (Wildman–Crippen MR) is 54.1 cm³/mol. The summed E-state index contributed by atoms with van der Waals surface area (Å²) in [6.07, 6.45) is -4.40. The topological polar surface area (TPSA) is 12.0 Å².